The number of rotatable bonds is 7. The Morgan fingerprint density at radius 3 is 2.69 bits per heavy atom. The Kier molecular flexibility index (Phi) is 5.95. The summed E-state index contributed by atoms with van der Waals surface area (Å²) in [6, 6.07) is 8.47. The number of fused-ring (bicyclic) bond motifs is 1. The van der Waals surface area contributed by atoms with Gasteiger partial charge in [0.25, 0.3) is 5.56 Å². The molecular weight excluding hydrogens is 356 g/mol. The average Bonchev–Trinajstić information content (AvgIpc) is 2.61. The normalized spacial score (nSPS) is 16.2. The average molecular weight is 380 g/mol. The van der Waals surface area contributed by atoms with E-state index in [9.17, 15) is 18.3 Å². The van der Waals surface area contributed by atoms with Gasteiger partial charge in [-0.3, -0.25) is 13.5 Å². The van der Waals surface area contributed by atoms with Crippen molar-refractivity contribution in [1.82, 2.24) is 9.29 Å². The third kappa shape index (κ3) is 4.63. The second kappa shape index (κ2) is 8.20. The lowest BCUT2D eigenvalue weighted by molar-refractivity contribution is 0.284. The molecule has 0 atom stereocenters. The lowest BCUT2D eigenvalue weighted by atomic mass is 9.96. The first-order valence-corrected chi connectivity index (χ1v) is 10.4. The fourth-order valence-corrected chi connectivity index (χ4v) is 4.40. The molecule has 1 fully saturated rings. The van der Waals surface area contributed by atoms with E-state index in [0.717, 1.165) is 32.1 Å². The lowest BCUT2D eigenvalue weighted by Crippen LogP contribution is -2.37. The van der Waals surface area contributed by atoms with Crippen LogP contribution in [0.15, 0.2) is 35.1 Å². The summed E-state index contributed by atoms with van der Waals surface area (Å²) in [5.41, 5.74) is -0.329. The highest BCUT2D eigenvalue weighted by Crippen LogP contribution is 2.22. The predicted molar refractivity (Wildman–Crippen MR) is 99.4 cm³/mol. The Morgan fingerprint density at radius 1 is 1.19 bits per heavy atom. The van der Waals surface area contributed by atoms with E-state index >= 15 is 0 Å². The van der Waals surface area contributed by atoms with Crippen LogP contribution in [0.4, 0.5) is 0 Å². The van der Waals surface area contributed by atoms with Crippen molar-refractivity contribution in [1.29, 1.82) is 0 Å². The van der Waals surface area contributed by atoms with E-state index < -0.39 is 10.3 Å². The minimum Gasteiger partial charge on any atom is -0.494 e. The Labute approximate surface area is 152 Å². The number of nitrogens with one attached hydrogen (secondary N) is 1. The van der Waals surface area contributed by atoms with Crippen molar-refractivity contribution in [3.05, 3.63) is 40.7 Å². The number of nitrogens with zero attached hydrogens (tertiary/aromatic N) is 1. The van der Waals surface area contributed by atoms with Gasteiger partial charge in [-0.1, -0.05) is 37.5 Å². The van der Waals surface area contributed by atoms with E-state index in [1.54, 1.807) is 24.3 Å². The van der Waals surface area contributed by atoms with Crippen LogP contribution in [0.1, 0.15) is 38.5 Å². The number of aromatic nitrogens is 1. The van der Waals surface area contributed by atoms with Crippen molar-refractivity contribution in [2.45, 2.75) is 51.1 Å². The molecule has 142 valence electrons. The van der Waals surface area contributed by atoms with Gasteiger partial charge in [0.2, 0.25) is 5.88 Å². The molecule has 0 aliphatic heterocycles. The van der Waals surface area contributed by atoms with Crippen LogP contribution in [0.25, 0.3) is 10.8 Å². The van der Waals surface area contributed by atoms with Crippen molar-refractivity contribution in [2.75, 3.05) is 6.61 Å². The zero-order chi connectivity index (χ0) is 18.6. The van der Waals surface area contributed by atoms with Crippen molar-refractivity contribution < 1.29 is 17.7 Å². The second-order valence-electron chi connectivity index (χ2n) is 6.63. The molecule has 1 aliphatic carbocycles. The number of benzene rings is 1. The molecule has 0 bridgehead atoms. The number of pyridine rings is 1. The highest BCUT2D eigenvalue weighted by atomic mass is 32.2. The zero-order valence-corrected chi connectivity index (χ0v) is 15.4. The van der Waals surface area contributed by atoms with E-state index in [-0.39, 0.29) is 37.1 Å². The molecule has 8 heteroatoms. The van der Waals surface area contributed by atoms with Crippen molar-refractivity contribution in [3.8, 4) is 5.88 Å². The van der Waals surface area contributed by atoms with E-state index in [4.69, 9.17) is 4.18 Å². The van der Waals surface area contributed by atoms with Crippen LogP contribution in [-0.4, -0.2) is 30.7 Å². The van der Waals surface area contributed by atoms with Gasteiger partial charge in [-0.15, -0.1) is 0 Å². The number of hydrogen-bond donors (Lipinski definition) is 2. The predicted octanol–water partition coefficient (Wildman–Crippen LogP) is 2.28. The molecule has 0 unspecified atom stereocenters. The van der Waals surface area contributed by atoms with E-state index in [2.05, 4.69) is 4.72 Å². The maximum absolute atomic E-state index is 12.1. The summed E-state index contributed by atoms with van der Waals surface area (Å²) in [6.07, 6.45) is 5.15. The monoisotopic (exact) mass is 380 g/mol. The molecule has 1 aromatic heterocycles. The molecule has 26 heavy (non-hydrogen) atoms. The van der Waals surface area contributed by atoms with Gasteiger partial charge in [-0.05, 0) is 30.7 Å². The first kappa shape index (κ1) is 18.9. The van der Waals surface area contributed by atoms with E-state index in [1.165, 1.54) is 10.6 Å². The quantitative estimate of drug-likeness (QED) is 0.718. The molecule has 1 heterocycles. The Bertz CT molecular complexity index is 917. The number of aromatic hydroxyl groups is 1. The fourth-order valence-electron chi connectivity index (χ4n) is 3.35. The first-order chi connectivity index (χ1) is 12.5. The molecule has 0 amide bonds. The highest BCUT2D eigenvalue weighted by Gasteiger charge is 2.20. The third-order valence-corrected chi connectivity index (χ3v) is 5.78. The smallest absolute Gasteiger partial charge is 0.336 e. The summed E-state index contributed by atoms with van der Waals surface area (Å²) in [5, 5.41) is 11.5. The van der Waals surface area contributed by atoms with Crippen LogP contribution in [0.5, 0.6) is 5.88 Å². The molecule has 7 nitrogen and oxygen atoms in total. The van der Waals surface area contributed by atoms with Crippen LogP contribution in [0, 0.1) is 0 Å². The Hall–Kier alpha value is -1.90. The van der Waals surface area contributed by atoms with Gasteiger partial charge in [0.15, 0.2) is 0 Å². The standard InChI is InChI=1S/C18H24N2O5S/c21-17-13-14-7-4-5-10-16(14)18(22)20(17)11-6-12-25-26(23,24)19-15-8-2-1-3-9-15/h4-5,7,10,13,15,19,22H,1-3,6,8-9,11-12H2. The topological polar surface area (TPSA) is 97.6 Å². The molecule has 0 radical (unpaired) electrons. The van der Waals surface area contributed by atoms with Crippen LogP contribution in [-0.2, 0) is 21.0 Å². The van der Waals surface area contributed by atoms with Crippen molar-refractivity contribution >= 4 is 21.1 Å². The largest absolute Gasteiger partial charge is 0.494 e. The van der Waals surface area contributed by atoms with Gasteiger partial charge in [0.05, 0.1) is 6.61 Å². The van der Waals surface area contributed by atoms with Gasteiger partial charge < -0.3 is 5.11 Å². The van der Waals surface area contributed by atoms with Gasteiger partial charge in [-0.25, -0.2) is 0 Å². The van der Waals surface area contributed by atoms with Crippen molar-refractivity contribution in [2.24, 2.45) is 0 Å². The Balaban J connectivity index is 1.56. The van der Waals surface area contributed by atoms with E-state index in [1.807, 2.05) is 0 Å². The molecule has 1 aliphatic rings. The number of hydrogen-bond acceptors (Lipinski definition) is 5. The molecule has 3 rings (SSSR count). The molecule has 0 saturated heterocycles. The molecule has 1 saturated carbocycles. The second-order valence-corrected chi connectivity index (χ2v) is 8.01. The van der Waals surface area contributed by atoms with Crippen LogP contribution >= 0.6 is 0 Å². The summed E-state index contributed by atoms with van der Waals surface area (Å²) < 4.78 is 32.7. The fraction of sp³-hybridized carbons (Fsp3) is 0.500. The summed E-state index contributed by atoms with van der Waals surface area (Å²) >= 11 is 0. The van der Waals surface area contributed by atoms with Crippen molar-refractivity contribution in [3.63, 3.8) is 0 Å². The minimum atomic E-state index is -3.79. The lowest BCUT2D eigenvalue weighted by Gasteiger charge is -2.22. The van der Waals surface area contributed by atoms with Gasteiger partial charge in [-0.2, -0.15) is 13.1 Å². The molecule has 2 aromatic rings. The van der Waals surface area contributed by atoms with E-state index in [0.29, 0.717) is 10.8 Å². The summed E-state index contributed by atoms with van der Waals surface area (Å²) in [6.45, 7) is 0.120. The molecule has 0 spiro atoms. The van der Waals surface area contributed by atoms with Crippen LogP contribution < -0.4 is 10.3 Å². The SMILES string of the molecule is O=c1cc2ccccc2c(O)n1CCCOS(=O)(=O)NC1CCCCC1. The maximum Gasteiger partial charge on any atom is 0.336 e. The minimum absolute atomic E-state index is 0.0547. The van der Waals surface area contributed by atoms with Gasteiger partial charge in [0.1, 0.15) is 0 Å². The Morgan fingerprint density at radius 2 is 1.92 bits per heavy atom. The van der Waals surface area contributed by atoms with Crippen LogP contribution in [0.3, 0.4) is 0 Å². The molecular formula is C18H24N2O5S. The highest BCUT2D eigenvalue weighted by molar-refractivity contribution is 7.84. The summed E-state index contributed by atoms with van der Waals surface area (Å²) in [5.74, 6) is -0.115. The van der Waals surface area contributed by atoms with Gasteiger partial charge >= 0.3 is 10.3 Å². The molecule has 1 aromatic carbocycles. The van der Waals surface area contributed by atoms with Crippen LogP contribution in [0.2, 0.25) is 0 Å². The molecule has 2 N–H and O–H groups in total. The maximum atomic E-state index is 12.1. The summed E-state index contributed by atoms with van der Waals surface area (Å²) in [7, 11) is -3.79. The zero-order valence-electron chi connectivity index (χ0n) is 14.6. The third-order valence-electron chi connectivity index (χ3n) is 4.68. The van der Waals surface area contributed by atoms with Gasteiger partial charge in [0, 0.05) is 24.0 Å². The summed E-state index contributed by atoms with van der Waals surface area (Å²) in [4.78, 5) is 12.1. The first-order valence-electron chi connectivity index (χ1n) is 8.94.